The molecule has 1 unspecified atom stereocenters. The van der Waals surface area contributed by atoms with Gasteiger partial charge in [0.05, 0.1) is 23.4 Å². The van der Waals surface area contributed by atoms with Gasteiger partial charge >= 0.3 is 0 Å². The molecule has 1 aromatic heterocycles. The number of nitrogens with one attached hydrogen (secondary N) is 1. The monoisotopic (exact) mass is 373 g/mol. The van der Waals surface area contributed by atoms with Crippen LogP contribution in [0.1, 0.15) is 29.4 Å². The smallest absolute Gasteiger partial charge is 0.274 e. The molecule has 0 aliphatic carbocycles. The van der Waals surface area contributed by atoms with E-state index in [-0.39, 0.29) is 23.5 Å². The molecule has 1 aromatic carbocycles. The Balaban J connectivity index is 1.73. The number of anilines is 2. The van der Waals surface area contributed by atoms with Crippen molar-refractivity contribution >= 4 is 27.1 Å². The van der Waals surface area contributed by atoms with Gasteiger partial charge in [0, 0.05) is 18.3 Å². The number of nitrogens with zero attached hydrogens (tertiary/aromatic N) is 2. The predicted octanol–water partition coefficient (Wildman–Crippen LogP) is 2.66. The lowest BCUT2D eigenvalue weighted by molar-refractivity contribution is 0.102. The molecule has 6 nitrogen and oxygen atoms in total. The van der Waals surface area contributed by atoms with Crippen molar-refractivity contribution in [2.24, 2.45) is 0 Å². The van der Waals surface area contributed by atoms with E-state index in [1.54, 1.807) is 12.3 Å². The predicted molar refractivity (Wildman–Crippen MR) is 103 cm³/mol. The lowest BCUT2D eigenvalue weighted by Crippen LogP contribution is -2.36. The van der Waals surface area contributed by atoms with Crippen LogP contribution >= 0.6 is 0 Å². The first-order valence-corrected chi connectivity index (χ1v) is 10.5. The Hall–Kier alpha value is -2.41. The Bertz CT molecular complexity index is 895. The third-order valence-corrected chi connectivity index (χ3v) is 6.45. The van der Waals surface area contributed by atoms with Crippen molar-refractivity contribution in [3.05, 3.63) is 53.9 Å². The molecule has 0 radical (unpaired) electrons. The van der Waals surface area contributed by atoms with Crippen molar-refractivity contribution in [3.8, 4) is 0 Å². The molecule has 1 atom stereocenters. The molecule has 3 rings (SSSR count). The number of aryl methyl sites for hydroxylation is 1. The average Bonchev–Trinajstić information content (AvgIpc) is 2.98. The summed E-state index contributed by atoms with van der Waals surface area (Å²) in [6.45, 7) is 4.61. The van der Waals surface area contributed by atoms with Crippen LogP contribution in [0.5, 0.6) is 0 Å². The lowest BCUT2D eigenvalue weighted by Gasteiger charge is -2.28. The summed E-state index contributed by atoms with van der Waals surface area (Å²) in [4.78, 5) is 18.7. The average molecular weight is 373 g/mol. The number of amides is 1. The fourth-order valence-corrected chi connectivity index (χ4v) is 4.99. The van der Waals surface area contributed by atoms with Gasteiger partial charge in [-0.1, -0.05) is 18.2 Å². The molecule has 1 saturated heterocycles. The van der Waals surface area contributed by atoms with E-state index in [2.05, 4.69) is 10.3 Å². The van der Waals surface area contributed by atoms with Gasteiger partial charge in [0.15, 0.2) is 9.84 Å². The molecule has 2 aromatic rings. The number of hydrogen-bond donors (Lipinski definition) is 1. The number of sulfone groups is 1. The highest BCUT2D eigenvalue weighted by Crippen LogP contribution is 2.24. The molecule has 1 aliphatic heterocycles. The topological polar surface area (TPSA) is 79.4 Å². The summed E-state index contributed by atoms with van der Waals surface area (Å²) in [6, 6.07) is 11.0. The van der Waals surface area contributed by atoms with Gasteiger partial charge in [0.2, 0.25) is 0 Å². The van der Waals surface area contributed by atoms with Gasteiger partial charge in [-0.05, 0) is 44.0 Å². The molecule has 138 valence electrons. The zero-order valence-electron chi connectivity index (χ0n) is 15.0. The molecule has 2 heterocycles. The summed E-state index contributed by atoms with van der Waals surface area (Å²) in [6.07, 6.45) is 2.27. The van der Waals surface area contributed by atoms with E-state index in [0.717, 1.165) is 16.9 Å². The van der Waals surface area contributed by atoms with Crippen LogP contribution in [0.4, 0.5) is 11.4 Å². The van der Waals surface area contributed by atoms with Crippen LogP contribution in [0.15, 0.2) is 42.6 Å². The van der Waals surface area contributed by atoms with Crippen LogP contribution < -0.4 is 10.2 Å². The third-order valence-electron chi connectivity index (χ3n) is 4.70. The minimum absolute atomic E-state index is 0.0292. The largest absolute Gasteiger partial charge is 0.367 e. The molecule has 0 bridgehead atoms. The van der Waals surface area contributed by atoms with E-state index in [1.165, 1.54) is 0 Å². The summed E-state index contributed by atoms with van der Waals surface area (Å²) in [7, 11) is -2.95. The van der Waals surface area contributed by atoms with E-state index in [1.807, 2.05) is 49.1 Å². The standard InChI is InChI=1S/C19H23N3O3S/c1-3-22(16-10-11-26(24,25)13-16)15-8-9-18(20-12-15)19(23)21-17-7-5-4-6-14(17)2/h4-9,12,16H,3,10-11,13H2,1-2H3,(H,21,23). The Labute approximate surface area is 154 Å². The van der Waals surface area contributed by atoms with Crippen molar-refractivity contribution in [2.45, 2.75) is 26.3 Å². The zero-order chi connectivity index (χ0) is 18.7. The molecule has 1 N–H and O–H groups in total. The second kappa shape index (κ2) is 7.45. The van der Waals surface area contributed by atoms with Crippen LogP contribution in [0.3, 0.4) is 0 Å². The highest BCUT2D eigenvalue weighted by molar-refractivity contribution is 7.91. The fraction of sp³-hybridized carbons (Fsp3) is 0.368. The van der Waals surface area contributed by atoms with Crippen molar-refractivity contribution in [1.29, 1.82) is 0 Å². The van der Waals surface area contributed by atoms with E-state index in [4.69, 9.17) is 0 Å². The lowest BCUT2D eigenvalue weighted by atomic mass is 10.2. The van der Waals surface area contributed by atoms with Crippen molar-refractivity contribution in [3.63, 3.8) is 0 Å². The summed E-state index contributed by atoms with van der Waals surface area (Å²) in [5.74, 6) is 0.145. The normalized spacial score (nSPS) is 18.5. The van der Waals surface area contributed by atoms with Gasteiger partial charge in [-0.25, -0.2) is 13.4 Å². The van der Waals surface area contributed by atoms with Gasteiger partial charge in [-0.15, -0.1) is 0 Å². The number of rotatable bonds is 5. The highest BCUT2D eigenvalue weighted by atomic mass is 32.2. The molecular formula is C19H23N3O3S. The van der Waals surface area contributed by atoms with E-state index in [0.29, 0.717) is 18.7 Å². The quantitative estimate of drug-likeness (QED) is 0.872. The van der Waals surface area contributed by atoms with E-state index >= 15 is 0 Å². The SMILES string of the molecule is CCN(c1ccc(C(=O)Nc2ccccc2C)nc1)C1CCS(=O)(=O)C1. The molecule has 26 heavy (non-hydrogen) atoms. The second-order valence-electron chi connectivity index (χ2n) is 6.51. The molecular weight excluding hydrogens is 350 g/mol. The Kier molecular flexibility index (Phi) is 5.27. The maximum absolute atomic E-state index is 12.4. The number of carbonyl (C=O) groups is 1. The van der Waals surface area contributed by atoms with Gasteiger partial charge in [-0.3, -0.25) is 4.79 Å². The van der Waals surface area contributed by atoms with Crippen molar-refractivity contribution in [2.75, 3.05) is 28.3 Å². The first kappa shape index (κ1) is 18.4. The van der Waals surface area contributed by atoms with Crippen LogP contribution in [-0.4, -0.2) is 43.4 Å². The number of carbonyl (C=O) groups excluding carboxylic acids is 1. The number of para-hydroxylation sites is 1. The number of aromatic nitrogens is 1. The first-order valence-electron chi connectivity index (χ1n) is 8.69. The molecule has 7 heteroatoms. The van der Waals surface area contributed by atoms with Crippen LogP contribution in [0.2, 0.25) is 0 Å². The van der Waals surface area contributed by atoms with Gasteiger partial charge < -0.3 is 10.2 Å². The van der Waals surface area contributed by atoms with Gasteiger partial charge in [0.1, 0.15) is 5.69 Å². The zero-order valence-corrected chi connectivity index (χ0v) is 15.8. The Morgan fingerprint density at radius 2 is 2.04 bits per heavy atom. The Morgan fingerprint density at radius 3 is 2.62 bits per heavy atom. The Morgan fingerprint density at radius 1 is 1.27 bits per heavy atom. The molecule has 0 saturated carbocycles. The molecule has 1 amide bonds. The fourth-order valence-electron chi connectivity index (χ4n) is 3.26. The third kappa shape index (κ3) is 4.04. The number of pyridine rings is 1. The van der Waals surface area contributed by atoms with Crippen LogP contribution in [-0.2, 0) is 9.84 Å². The van der Waals surface area contributed by atoms with Crippen molar-refractivity contribution in [1.82, 2.24) is 4.98 Å². The highest BCUT2D eigenvalue weighted by Gasteiger charge is 2.32. The summed E-state index contributed by atoms with van der Waals surface area (Å²) in [5.41, 5.74) is 2.90. The number of benzene rings is 1. The summed E-state index contributed by atoms with van der Waals surface area (Å²) < 4.78 is 23.5. The minimum atomic E-state index is -2.95. The molecule has 0 spiro atoms. The second-order valence-corrected chi connectivity index (χ2v) is 8.74. The van der Waals surface area contributed by atoms with Crippen molar-refractivity contribution < 1.29 is 13.2 Å². The van der Waals surface area contributed by atoms with Crippen LogP contribution in [0.25, 0.3) is 0 Å². The van der Waals surface area contributed by atoms with Gasteiger partial charge in [0.25, 0.3) is 5.91 Å². The molecule has 1 fully saturated rings. The van der Waals surface area contributed by atoms with E-state index in [9.17, 15) is 13.2 Å². The van der Waals surface area contributed by atoms with Crippen LogP contribution in [0, 0.1) is 6.92 Å². The van der Waals surface area contributed by atoms with E-state index < -0.39 is 9.84 Å². The molecule has 1 aliphatic rings. The number of hydrogen-bond acceptors (Lipinski definition) is 5. The summed E-state index contributed by atoms with van der Waals surface area (Å²) >= 11 is 0. The minimum Gasteiger partial charge on any atom is -0.367 e. The maximum atomic E-state index is 12.4. The maximum Gasteiger partial charge on any atom is 0.274 e. The van der Waals surface area contributed by atoms with Gasteiger partial charge in [-0.2, -0.15) is 0 Å². The summed E-state index contributed by atoms with van der Waals surface area (Å²) in [5, 5.41) is 2.86. The first-order chi connectivity index (χ1) is 12.4.